The molecule has 0 spiro atoms. The summed E-state index contributed by atoms with van der Waals surface area (Å²) in [4.78, 5) is 29.7. The third-order valence-corrected chi connectivity index (χ3v) is 7.66. The van der Waals surface area contributed by atoms with Gasteiger partial charge in [0, 0.05) is 36.1 Å². The van der Waals surface area contributed by atoms with Crippen LogP contribution in [0.4, 0.5) is 16.2 Å². The van der Waals surface area contributed by atoms with Gasteiger partial charge in [-0.2, -0.15) is 0 Å². The minimum Gasteiger partial charge on any atom is -0.488 e. The second kappa shape index (κ2) is 12.1. The first-order valence-electron chi connectivity index (χ1n) is 13.1. The Balaban J connectivity index is 1.61. The van der Waals surface area contributed by atoms with Gasteiger partial charge in [0.2, 0.25) is 15.9 Å². The van der Waals surface area contributed by atoms with Gasteiger partial charge in [0.25, 0.3) is 0 Å². The molecule has 0 radical (unpaired) electrons. The molecule has 3 N–H and O–H groups in total. The molecule has 3 amide bonds. The number of sulfonamides is 1. The number of fused-ring (bicyclic) bond motifs is 2. The summed E-state index contributed by atoms with van der Waals surface area (Å²) in [5, 5.41) is 14.8. The number of nitrogens with one attached hydrogen (secondary N) is 2. The summed E-state index contributed by atoms with van der Waals surface area (Å²) in [7, 11) is -1.84. The number of urea groups is 1. The van der Waals surface area contributed by atoms with Crippen molar-refractivity contribution in [1.82, 2.24) is 9.80 Å². The number of rotatable bonds is 7. The van der Waals surface area contributed by atoms with Gasteiger partial charge in [-0.3, -0.25) is 9.52 Å². The number of carbonyl (C=O) groups is 2. The Bertz CT molecular complexity index is 1490. The predicted molar refractivity (Wildman–Crippen MR) is 156 cm³/mol. The first kappa shape index (κ1) is 29.2. The summed E-state index contributed by atoms with van der Waals surface area (Å²) in [5.74, 6) is 0.0219. The van der Waals surface area contributed by atoms with Crippen LogP contribution in [0.2, 0.25) is 0 Å². The summed E-state index contributed by atoms with van der Waals surface area (Å²) in [5.41, 5.74) is 1.52. The summed E-state index contributed by atoms with van der Waals surface area (Å²) >= 11 is 0. The van der Waals surface area contributed by atoms with Crippen molar-refractivity contribution in [2.75, 3.05) is 43.0 Å². The first-order valence-corrected chi connectivity index (χ1v) is 15.0. The molecule has 0 aromatic heterocycles. The molecule has 0 bridgehead atoms. The second-order valence-electron chi connectivity index (χ2n) is 10.4. The number of ether oxygens (including phenoxy) is 1. The highest BCUT2D eigenvalue weighted by Crippen LogP contribution is 2.30. The van der Waals surface area contributed by atoms with Crippen molar-refractivity contribution in [3.63, 3.8) is 0 Å². The summed E-state index contributed by atoms with van der Waals surface area (Å²) in [6.45, 7) is 4.03. The molecule has 3 atom stereocenters. The average molecular weight is 569 g/mol. The largest absolute Gasteiger partial charge is 0.488 e. The normalized spacial score (nSPS) is 18.5. The topological polar surface area (TPSA) is 128 Å². The monoisotopic (exact) mass is 568 g/mol. The van der Waals surface area contributed by atoms with Gasteiger partial charge in [0.1, 0.15) is 11.9 Å². The number of aliphatic hydroxyl groups is 1. The SMILES string of the molecule is C[C@H](CO)N1C[C@H](C)[C@H](CN(C)C(=O)Nc2cccc3ccccc23)Oc2ccc(NS(C)(=O)=O)cc2CC1=O. The lowest BCUT2D eigenvalue weighted by Crippen LogP contribution is -2.48. The Kier molecular flexibility index (Phi) is 8.85. The molecule has 0 aliphatic carbocycles. The van der Waals surface area contributed by atoms with E-state index in [-0.39, 0.29) is 37.4 Å². The Labute approximate surface area is 235 Å². The molecule has 0 fully saturated rings. The van der Waals surface area contributed by atoms with Crippen molar-refractivity contribution < 1.29 is 27.9 Å². The van der Waals surface area contributed by atoms with E-state index in [0.717, 1.165) is 17.0 Å². The van der Waals surface area contributed by atoms with Gasteiger partial charge in [0.05, 0.1) is 37.6 Å². The van der Waals surface area contributed by atoms with Gasteiger partial charge >= 0.3 is 6.03 Å². The minimum absolute atomic E-state index is 0.0319. The highest BCUT2D eigenvalue weighted by atomic mass is 32.2. The summed E-state index contributed by atoms with van der Waals surface area (Å²) < 4.78 is 32.4. The van der Waals surface area contributed by atoms with E-state index in [0.29, 0.717) is 29.2 Å². The molecule has 0 unspecified atom stereocenters. The number of aliphatic hydroxyl groups excluding tert-OH is 1. The van der Waals surface area contributed by atoms with Gasteiger partial charge in [-0.15, -0.1) is 0 Å². The Morgan fingerprint density at radius 3 is 2.62 bits per heavy atom. The van der Waals surface area contributed by atoms with Crippen LogP contribution in [0.3, 0.4) is 0 Å². The van der Waals surface area contributed by atoms with E-state index >= 15 is 0 Å². The highest BCUT2D eigenvalue weighted by Gasteiger charge is 2.32. The second-order valence-corrected chi connectivity index (χ2v) is 12.2. The Morgan fingerprint density at radius 2 is 1.90 bits per heavy atom. The molecule has 214 valence electrons. The minimum atomic E-state index is -3.52. The predicted octanol–water partition coefficient (Wildman–Crippen LogP) is 3.52. The molecular weight excluding hydrogens is 532 g/mol. The van der Waals surface area contributed by atoms with E-state index in [1.807, 2.05) is 49.4 Å². The molecule has 11 heteroatoms. The molecule has 1 aliphatic rings. The number of nitrogens with zero attached hydrogens (tertiary/aromatic N) is 2. The quantitative estimate of drug-likeness (QED) is 0.400. The van der Waals surface area contributed by atoms with E-state index in [2.05, 4.69) is 10.0 Å². The zero-order valence-corrected chi connectivity index (χ0v) is 23.9. The lowest BCUT2D eigenvalue weighted by Gasteiger charge is -2.34. The first-order chi connectivity index (χ1) is 18.9. The maximum atomic E-state index is 13.3. The van der Waals surface area contributed by atoms with Crippen LogP contribution >= 0.6 is 0 Å². The molecule has 1 aliphatic heterocycles. The lowest BCUT2D eigenvalue weighted by molar-refractivity contribution is -0.134. The lowest BCUT2D eigenvalue weighted by atomic mass is 10.0. The number of hydrogen-bond acceptors (Lipinski definition) is 6. The van der Waals surface area contributed by atoms with E-state index in [1.165, 1.54) is 0 Å². The van der Waals surface area contributed by atoms with E-state index in [9.17, 15) is 23.1 Å². The van der Waals surface area contributed by atoms with Gasteiger partial charge in [-0.25, -0.2) is 13.2 Å². The van der Waals surface area contributed by atoms with Crippen LogP contribution in [0.5, 0.6) is 5.75 Å². The Morgan fingerprint density at radius 1 is 1.18 bits per heavy atom. The standard InChI is InChI=1S/C29H36N4O6S/c1-19-16-33(20(2)18-34)28(35)15-22-14-23(31-40(4,37)38)12-13-26(22)39-27(19)17-32(3)29(36)30-25-11-7-9-21-8-5-6-10-24(21)25/h5-14,19-20,27,31,34H,15-18H2,1-4H3,(H,30,36)/t19-,20+,27-/m0/s1. The maximum absolute atomic E-state index is 13.3. The highest BCUT2D eigenvalue weighted by molar-refractivity contribution is 7.92. The zero-order valence-electron chi connectivity index (χ0n) is 23.1. The maximum Gasteiger partial charge on any atom is 0.321 e. The van der Waals surface area contributed by atoms with Gasteiger partial charge in [-0.05, 0) is 36.6 Å². The molecule has 4 rings (SSSR count). The van der Waals surface area contributed by atoms with Crippen molar-refractivity contribution in [2.45, 2.75) is 32.4 Å². The number of anilines is 2. The number of likely N-dealkylation sites (N-methyl/N-ethyl adjacent to an activating group) is 1. The fourth-order valence-electron chi connectivity index (χ4n) is 4.82. The molecule has 40 heavy (non-hydrogen) atoms. The number of carbonyl (C=O) groups excluding carboxylic acids is 2. The summed E-state index contributed by atoms with van der Waals surface area (Å²) in [6.07, 6.45) is 0.517. The third-order valence-electron chi connectivity index (χ3n) is 7.05. The van der Waals surface area contributed by atoms with Crippen LogP contribution in [0, 0.1) is 5.92 Å². The molecule has 0 saturated carbocycles. The Hall–Kier alpha value is -3.83. The molecule has 10 nitrogen and oxygen atoms in total. The number of hydrogen-bond donors (Lipinski definition) is 3. The molecule has 3 aromatic rings. The van der Waals surface area contributed by atoms with Crippen LogP contribution in [0.25, 0.3) is 10.8 Å². The molecule has 3 aromatic carbocycles. The van der Waals surface area contributed by atoms with Crippen LogP contribution in [-0.4, -0.2) is 80.4 Å². The smallest absolute Gasteiger partial charge is 0.321 e. The number of benzene rings is 3. The van der Waals surface area contributed by atoms with Gasteiger partial charge < -0.3 is 25.0 Å². The number of amides is 3. The van der Waals surface area contributed by atoms with Crippen LogP contribution < -0.4 is 14.8 Å². The van der Waals surface area contributed by atoms with Gasteiger partial charge in [-0.1, -0.05) is 43.3 Å². The molecule has 1 heterocycles. The average Bonchev–Trinajstić information content (AvgIpc) is 2.95. The third kappa shape index (κ3) is 7.02. The van der Waals surface area contributed by atoms with E-state index in [1.54, 1.807) is 42.0 Å². The fraction of sp³-hybridized carbons (Fsp3) is 0.379. The van der Waals surface area contributed by atoms with E-state index < -0.39 is 22.2 Å². The van der Waals surface area contributed by atoms with Crippen LogP contribution in [0.1, 0.15) is 19.4 Å². The van der Waals surface area contributed by atoms with Crippen LogP contribution in [-0.2, 0) is 21.2 Å². The summed E-state index contributed by atoms with van der Waals surface area (Å²) in [6, 6.07) is 17.6. The van der Waals surface area contributed by atoms with Crippen molar-refractivity contribution in [3.8, 4) is 5.75 Å². The van der Waals surface area contributed by atoms with Crippen molar-refractivity contribution in [3.05, 3.63) is 66.2 Å². The van der Waals surface area contributed by atoms with Crippen molar-refractivity contribution in [1.29, 1.82) is 0 Å². The van der Waals surface area contributed by atoms with Crippen LogP contribution in [0.15, 0.2) is 60.7 Å². The van der Waals surface area contributed by atoms with Crippen molar-refractivity contribution in [2.24, 2.45) is 5.92 Å². The van der Waals surface area contributed by atoms with E-state index in [4.69, 9.17) is 4.74 Å². The molecular formula is C29H36N4O6S. The fourth-order valence-corrected chi connectivity index (χ4v) is 5.38. The molecule has 0 saturated heterocycles. The zero-order chi connectivity index (χ0) is 29.0. The van der Waals surface area contributed by atoms with Crippen molar-refractivity contribution >= 4 is 44.1 Å². The van der Waals surface area contributed by atoms with Gasteiger partial charge in [0.15, 0.2) is 0 Å².